The first-order valence-corrected chi connectivity index (χ1v) is 13.1. The van der Waals surface area contributed by atoms with Crippen molar-refractivity contribution in [2.45, 2.75) is 30.4 Å². The van der Waals surface area contributed by atoms with Gasteiger partial charge in [0.05, 0.1) is 10.5 Å². The zero-order valence-electron chi connectivity index (χ0n) is 17.8. The fourth-order valence-corrected chi connectivity index (χ4v) is 5.91. The Hall–Kier alpha value is -2.73. The Balaban J connectivity index is 1.46. The molecule has 4 rings (SSSR count). The average molecular weight is 526 g/mol. The average Bonchev–Trinajstić information content (AvgIpc) is 3.31. The zero-order valence-corrected chi connectivity index (χ0v) is 20.2. The second kappa shape index (κ2) is 10.3. The largest absolute Gasteiger partial charge is 0.489 e. The van der Waals surface area contributed by atoms with Crippen LogP contribution in [-0.2, 0) is 16.6 Å². The first-order chi connectivity index (χ1) is 16.3. The summed E-state index contributed by atoms with van der Waals surface area (Å²) in [4.78, 5) is 16.7. The molecule has 1 aliphatic heterocycles. The molecule has 3 aromatic rings. The monoisotopic (exact) mass is 525 g/mol. The summed E-state index contributed by atoms with van der Waals surface area (Å²) in [5.74, 6) is -1.51. The number of halogens is 2. The number of thiazole rings is 1. The lowest BCUT2D eigenvalue weighted by atomic mass is 10.1. The first kappa shape index (κ1) is 24.4. The molecule has 0 spiro atoms. The number of benzene rings is 2. The maximum atomic E-state index is 14.9. The van der Waals surface area contributed by atoms with Crippen LogP contribution in [-0.4, -0.2) is 48.7 Å². The molecular formula is C22H21ClFN3O5S2. The molecule has 0 radical (unpaired) electrons. The fraction of sp³-hybridized carbons (Fsp3) is 0.273. The molecule has 1 aliphatic rings. The molecule has 0 bridgehead atoms. The van der Waals surface area contributed by atoms with Crippen LogP contribution < -0.4 is 9.04 Å². The van der Waals surface area contributed by atoms with Crippen LogP contribution in [0.5, 0.6) is 5.75 Å². The molecule has 0 unspecified atom stereocenters. The molecule has 1 N–H and O–H groups in total. The van der Waals surface area contributed by atoms with Gasteiger partial charge < -0.3 is 9.84 Å². The van der Waals surface area contributed by atoms with E-state index in [1.165, 1.54) is 16.5 Å². The van der Waals surface area contributed by atoms with Gasteiger partial charge in [0.2, 0.25) is 0 Å². The molecule has 2 aromatic carbocycles. The molecule has 1 saturated heterocycles. The minimum Gasteiger partial charge on any atom is -0.489 e. The van der Waals surface area contributed by atoms with Crippen molar-refractivity contribution in [3.8, 4) is 5.75 Å². The third-order valence-electron chi connectivity index (χ3n) is 5.38. The van der Waals surface area contributed by atoms with E-state index in [0.717, 1.165) is 43.1 Å². The summed E-state index contributed by atoms with van der Waals surface area (Å²) >= 11 is 7.23. The summed E-state index contributed by atoms with van der Waals surface area (Å²) < 4.78 is 46.6. The van der Waals surface area contributed by atoms with Crippen LogP contribution in [0, 0.1) is 5.82 Å². The number of sulfonamides is 1. The standard InChI is InChI=1S/C22H21ClFN3O5S2/c23-17-10-20(34(30,31)27(22(28)29)21-13-33-14-25-21)18(24)11-19(17)32-16-6-8-26(9-7-16)12-15-4-2-1-3-5-15/h1-5,10-11,13-14,16H,6-9,12H2,(H,28,29). The van der Waals surface area contributed by atoms with Gasteiger partial charge in [0, 0.05) is 31.1 Å². The minimum atomic E-state index is -4.81. The van der Waals surface area contributed by atoms with Gasteiger partial charge in [-0.3, -0.25) is 4.90 Å². The molecule has 0 saturated carbocycles. The highest BCUT2D eigenvalue weighted by molar-refractivity contribution is 7.93. The third kappa shape index (κ3) is 5.33. The van der Waals surface area contributed by atoms with Crippen molar-refractivity contribution in [2.75, 3.05) is 17.4 Å². The second-order valence-corrected chi connectivity index (χ2v) is 10.6. The van der Waals surface area contributed by atoms with Crippen molar-refractivity contribution in [3.63, 3.8) is 0 Å². The summed E-state index contributed by atoms with van der Waals surface area (Å²) in [7, 11) is -4.81. The third-order valence-corrected chi connectivity index (χ3v) is 7.95. The summed E-state index contributed by atoms with van der Waals surface area (Å²) in [6.45, 7) is 2.40. The Morgan fingerprint density at radius 1 is 1.26 bits per heavy atom. The van der Waals surface area contributed by atoms with E-state index < -0.39 is 26.8 Å². The number of likely N-dealkylation sites (tertiary alicyclic amines) is 1. The van der Waals surface area contributed by atoms with Crippen LogP contribution in [0.3, 0.4) is 0 Å². The van der Waals surface area contributed by atoms with E-state index in [9.17, 15) is 22.7 Å². The van der Waals surface area contributed by atoms with E-state index in [2.05, 4.69) is 22.0 Å². The van der Waals surface area contributed by atoms with E-state index in [0.29, 0.717) is 12.8 Å². The molecule has 1 aromatic heterocycles. The first-order valence-electron chi connectivity index (χ1n) is 10.3. The minimum absolute atomic E-state index is 0.00941. The van der Waals surface area contributed by atoms with Crippen LogP contribution in [0.15, 0.2) is 58.3 Å². The Morgan fingerprint density at radius 2 is 1.97 bits per heavy atom. The van der Waals surface area contributed by atoms with Gasteiger partial charge in [-0.15, -0.1) is 15.6 Å². The maximum Gasteiger partial charge on any atom is 0.427 e. The van der Waals surface area contributed by atoms with E-state index in [1.54, 1.807) is 0 Å². The molecule has 12 heteroatoms. The number of anilines is 1. The van der Waals surface area contributed by atoms with Crippen molar-refractivity contribution in [1.82, 2.24) is 9.88 Å². The summed E-state index contributed by atoms with van der Waals surface area (Å²) in [6, 6.07) is 11.9. The number of amides is 1. The van der Waals surface area contributed by atoms with Crippen LogP contribution >= 0.6 is 22.9 Å². The fourth-order valence-electron chi connectivity index (χ4n) is 3.73. The van der Waals surface area contributed by atoms with Gasteiger partial charge in [0.1, 0.15) is 22.6 Å². The van der Waals surface area contributed by atoms with Crippen LogP contribution in [0.2, 0.25) is 5.02 Å². The molecule has 0 aliphatic carbocycles. The number of nitrogens with zero attached hydrogens (tertiary/aromatic N) is 3. The Labute approximate surface area is 205 Å². The summed E-state index contributed by atoms with van der Waals surface area (Å²) in [6.07, 6.45) is -0.635. The normalized spacial score (nSPS) is 15.2. The number of ether oxygens (including phenoxy) is 1. The van der Waals surface area contributed by atoms with Crippen molar-refractivity contribution >= 4 is 44.9 Å². The summed E-state index contributed by atoms with van der Waals surface area (Å²) in [5.41, 5.74) is 2.49. The lowest BCUT2D eigenvalue weighted by Gasteiger charge is -2.32. The van der Waals surface area contributed by atoms with Crippen LogP contribution in [0.25, 0.3) is 0 Å². The van der Waals surface area contributed by atoms with E-state index in [-0.39, 0.29) is 27.0 Å². The number of piperidine rings is 1. The highest BCUT2D eigenvalue weighted by Gasteiger charge is 2.35. The van der Waals surface area contributed by atoms with Crippen molar-refractivity contribution < 1.29 is 27.4 Å². The molecular weight excluding hydrogens is 505 g/mol. The highest BCUT2D eigenvalue weighted by atomic mass is 35.5. The predicted molar refractivity (Wildman–Crippen MR) is 127 cm³/mol. The zero-order chi connectivity index (χ0) is 24.3. The molecule has 0 atom stereocenters. The highest BCUT2D eigenvalue weighted by Crippen LogP contribution is 2.34. The van der Waals surface area contributed by atoms with Gasteiger partial charge >= 0.3 is 6.09 Å². The number of carboxylic acid groups (broad SMARTS) is 1. The summed E-state index contributed by atoms with van der Waals surface area (Å²) in [5, 5.41) is 10.5. The van der Waals surface area contributed by atoms with E-state index in [1.807, 2.05) is 18.2 Å². The van der Waals surface area contributed by atoms with Gasteiger partial charge in [-0.1, -0.05) is 41.9 Å². The van der Waals surface area contributed by atoms with Gasteiger partial charge in [-0.05, 0) is 24.5 Å². The van der Waals surface area contributed by atoms with Crippen molar-refractivity contribution in [2.24, 2.45) is 0 Å². The van der Waals surface area contributed by atoms with Crippen LogP contribution in [0.1, 0.15) is 18.4 Å². The molecule has 2 heterocycles. The van der Waals surface area contributed by atoms with Crippen molar-refractivity contribution in [1.29, 1.82) is 0 Å². The van der Waals surface area contributed by atoms with Gasteiger partial charge in [-0.2, -0.15) is 0 Å². The maximum absolute atomic E-state index is 14.9. The second-order valence-electron chi connectivity index (χ2n) is 7.69. The number of aromatic nitrogens is 1. The van der Waals surface area contributed by atoms with Gasteiger partial charge in [0.25, 0.3) is 10.0 Å². The quantitative estimate of drug-likeness (QED) is 0.470. The topological polar surface area (TPSA) is 100 Å². The molecule has 8 nitrogen and oxygen atoms in total. The number of hydrogen-bond acceptors (Lipinski definition) is 7. The van der Waals surface area contributed by atoms with Gasteiger partial charge in [0.15, 0.2) is 5.82 Å². The number of carbonyl (C=O) groups is 1. The van der Waals surface area contributed by atoms with Crippen molar-refractivity contribution in [3.05, 3.63) is 69.8 Å². The molecule has 1 fully saturated rings. The molecule has 1 amide bonds. The van der Waals surface area contributed by atoms with E-state index in [4.69, 9.17) is 16.3 Å². The molecule has 34 heavy (non-hydrogen) atoms. The lowest BCUT2D eigenvalue weighted by molar-refractivity contribution is 0.0965. The molecule has 180 valence electrons. The predicted octanol–water partition coefficient (Wildman–Crippen LogP) is 4.85. The SMILES string of the molecule is O=C(O)N(c1cscn1)S(=O)(=O)c1cc(Cl)c(OC2CCN(Cc3ccccc3)CC2)cc1F. The number of rotatable bonds is 7. The number of hydrogen-bond donors (Lipinski definition) is 1. The smallest absolute Gasteiger partial charge is 0.427 e. The Bertz CT molecular complexity index is 1250. The Kier molecular flexibility index (Phi) is 7.36. The lowest BCUT2D eigenvalue weighted by Crippen LogP contribution is -2.38. The van der Waals surface area contributed by atoms with E-state index >= 15 is 0 Å². The van der Waals surface area contributed by atoms with Gasteiger partial charge in [-0.25, -0.2) is 22.6 Å². The van der Waals surface area contributed by atoms with Crippen LogP contribution in [0.4, 0.5) is 15.0 Å². The Morgan fingerprint density at radius 3 is 2.59 bits per heavy atom.